The number of aryl methyl sites for hydroxylation is 1. The maximum absolute atomic E-state index is 9.85. The van der Waals surface area contributed by atoms with Gasteiger partial charge in [0.1, 0.15) is 5.75 Å². The highest BCUT2D eigenvalue weighted by Crippen LogP contribution is 2.28. The van der Waals surface area contributed by atoms with Crippen LogP contribution in [-0.4, -0.2) is 23.2 Å². The number of aliphatic hydroxyl groups is 1. The molecule has 4 nitrogen and oxygen atoms in total. The van der Waals surface area contributed by atoms with Crippen molar-refractivity contribution >= 4 is 0 Å². The fourth-order valence-corrected chi connectivity index (χ4v) is 1.36. The topological polar surface area (TPSA) is 68.4 Å². The first-order valence-electron chi connectivity index (χ1n) is 4.51. The van der Waals surface area contributed by atoms with Crippen LogP contribution in [0.4, 0.5) is 0 Å². The Balaban J connectivity index is 3.16. The second-order valence-corrected chi connectivity index (χ2v) is 3.32. The first kappa shape index (κ1) is 10.9. The van der Waals surface area contributed by atoms with E-state index in [2.05, 4.69) is 4.98 Å². The average molecular weight is 196 g/mol. The fourth-order valence-electron chi connectivity index (χ4n) is 1.36. The van der Waals surface area contributed by atoms with Crippen molar-refractivity contribution in [3.8, 4) is 5.75 Å². The average Bonchev–Trinajstić information content (AvgIpc) is 2.16. The maximum Gasteiger partial charge on any atom is 0.128 e. The van der Waals surface area contributed by atoms with Gasteiger partial charge in [0.05, 0.1) is 13.2 Å². The standard InChI is InChI=1S/C10H16N2O2/c1-6(11)10(13)9-7(2)12-5-4-8(9)14-3/h4-6,10,13H,11H2,1-3H3. The maximum atomic E-state index is 9.85. The third-order valence-electron chi connectivity index (χ3n) is 2.16. The zero-order valence-electron chi connectivity index (χ0n) is 8.69. The molecule has 0 aliphatic carbocycles. The number of nitrogens with zero attached hydrogens (tertiary/aromatic N) is 1. The number of ether oxygens (including phenoxy) is 1. The molecule has 0 spiro atoms. The first-order valence-corrected chi connectivity index (χ1v) is 4.51. The summed E-state index contributed by atoms with van der Waals surface area (Å²) >= 11 is 0. The summed E-state index contributed by atoms with van der Waals surface area (Å²) in [5.41, 5.74) is 7.04. The van der Waals surface area contributed by atoms with Gasteiger partial charge in [-0.15, -0.1) is 0 Å². The molecular weight excluding hydrogens is 180 g/mol. The van der Waals surface area contributed by atoms with E-state index in [0.29, 0.717) is 11.3 Å². The Labute approximate surface area is 83.7 Å². The Morgan fingerprint density at radius 1 is 1.57 bits per heavy atom. The highest BCUT2D eigenvalue weighted by molar-refractivity contribution is 5.37. The molecule has 0 aliphatic rings. The zero-order chi connectivity index (χ0) is 10.7. The lowest BCUT2D eigenvalue weighted by atomic mass is 10.0. The van der Waals surface area contributed by atoms with Gasteiger partial charge in [0.25, 0.3) is 0 Å². The summed E-state index contributed by atoms with van der Waals surface area (Å²) in [4.78, 5) is 4.10. The summed E-state index contributed by atoms with van der Waals surface area (Å²) in [6.45, 7) is 3.57. The Hall–Kier alpha value is -1.13. The molecule has 1 heterocycles. The van der Waals surface area contributed by atoms with E-state index < -0.39 is 6.10 Å². The van der Waals surface area contributed by atoms with Crippen LogP contribution in [-0.2, 0) is 0 Å². The van der Waals surface area contributed by atoms with Crippen molar-refractivity contribution < 1.29 is 9.84 Å². The molecule has 0 radical (unpaired) electrons. The molecule has 2 atom stereocenters. The Bertz CT molecular complexity index is 313. The number of aromatic nitrogens is 1. The number of methoxy groups -OCH3 is 1. The van der Waals surface area contributed by atoms with Crippen molar-refractivity contribution in [2.45, 2.75) is 26.0 Å². The van der Waals surface area contributed by atoms with Crippen molar-refractivity contribution in [1.29, 1.82) is 0 Å². The molecule has 1 aromatic rings. The van der Waals surface area contributed by atoms with Crippen LogP contribution in [0.25, 0.3) is 0 Å². The molecule has 0 saturated carbocycles. The van der Waals surface area contributed by atoms with Crippen molar-refractivity contribution in [1.82, 2.24) is 4.98 Å². The Morgan fingerprint density at radius 3 is 2.71 bits per heavy atom. The third kappa shape index (κ3) is 2.02. The van der Waals surface area contributed by atoms with Crippen LogP contribution in [0.1, 0.15) is 24.3 Å². The van der Waals surface area contributed by atoms with E-state index in [1.165, 1.54) is 0 Å². The minimum absolute atomic E-state index is 0.341. The van der Waals surface area contributed by atoms with Crippen molar-refractivity contribution in [3.05, 3.63) is 23.5 Å². The summed E-state index contributed by atoms with van der Waals surface area (Å²) in [5.74, 6) is 0.627. The van der Waals surface area contributed by atoms with Crippen LogP contribution in [0.3, 0.4) is 0 Å². The van der Waals surface area contributed by atoms with Crippen LogP contribution in [0, 0.1) is 6.92 Å². The summed E-state index contributed by atoms with van der Waals surface area (Å²) in [6.07, 6.45) is 0.907. The quantitative estimate of drug-likeness (QED) is 0.749. The molecule has 78 valence electrons. The van der Waals surface area contributed by atoms with E-state index in [1.54, 1.807) is 26.3 Å². The van der Waals surface area contributed by atoms with Crippen LogP contribution in [0.2, 0.25) is 0 Å². The molecule has 1 aromatic heterocycles. The summed E-state index contributed by atoms with van der Waals surface area (Å²) in [6, 6.07) is 1.38. The van der Waals surface area contributed by atoms with Crippen LogP contribution in [0.15, 0.2) is 12.3 Å². The van der Waals surface area contributed by atoms with Gasteiger partial charge >= 0.3 is 0 Å². The monoisotopic (exact) mass is 196 g/mol. The smallest absolute Gasteiger partial charge is 0.128 e. The number of hydrogen-bond donors (Lipinski definition) is 2. The van der Waals surface area contributed by atoms with Crippen LogP contribution < -0.4 is 10.5 Å². The van der Waals surface area contributed by atoms with Gasteiger partial charge in [-0.05, 0) is 19.9 Å². The third-order valence-corrected chi connectivity index (χ3v) is 2.16. The minimum atomic E-state index is -0.737. The van der Waals surface area contributed by atoms with E-state index in [0.717, 1.165) is 5.69 Å². The van der Waals surface area contributed by atoms with Crippen LogP contribution in [0.5, 0.6) is 5.75 Å². The molecule has 0 amide bonds. The van der Waals surface area contributed by atoms with Gasteiger partial charge in [-0.2, -0.15) is 0 Å². The van der Waals surface area contributed by atoms with Gasteiger partial charge in [0, 0.05) is 23.5 Å². The molecule has 4 heteroatoms. The number of pyridine rings is 1. The molecule has 0 aliphatic heterocycles. The van der Waals surface area contributed by atoms with E-state index >= 15 is 0 Å². The lowest BCUT2D eigenvalue weighted by Crippen LogP contribution is -2.25. The van der Waals surface area contributed by atoms with Crippen molar-refractivity contribution in [2.24, 2.45) is 5.73 Å². The molecule has 1 rings (SSSR count). The molecular formula is C10H16N2O2. The largest absolute Gasteiger partial charge is 0.496 e. The molecule has 0 aromatic carbocycles. The lowest BCUT2D eigenvalue weighted by molar-refractivity contribution is 0.148. The SMILES string of the molecule is COc1ccnc(C)c1C(O)C(C)N. The molecule has 2 unspecified atom stereocenters. The summed E-state index contributed by atoms with van der Waals surface area (Å²) in [7, 11) is 1.56. The number of rotatable bonds is 3. The lowest BCUT2D eigenvalue weighted by Gasteiger charge is -2.19. The molecule has 14 heavy (non-hydrogen) atoms. The fraction of sp³-hybridized carbons (Fsp3) is 0.500. The Kier molecular flexibility index (Phi) is 3.43. The van der Waals surface area contributed by atoms with Gasteiger partial charge in [0.15, 0.2) is 0 Å². The summed E-state index contributed by atoms with van der Waals surface area (Å²) < 4.78 is 5.14. The predicted octanol–water partition coefficient (Wildman–Crippen LogP) is 0.779. The number of nitrogens with two attached hydrogens (primary N) is 1. The minimum Gasteiger partial charge on any atom is -0.496 e. The van der Waals surface area contributed by atoms with E-state index in [9.17, 15) is 5.11 Å². The number of aliphatic hydroxyl groups excluding tert-OH is 1. The second-order valence-electron chi connectivity index (χ2n) is 3.32. The van der Waals surface area contributed by atoms with Crippen molar-refractivity contribution in [3.63, 3.8) is 0 Å². The first-order chi connectivity index (χ1) is 6.57. The molecule has 0 saturated heterocycles. The normalized spacial score (nSPS) is 14.9. The molecule has 0 fully saturated rings. The van der Waals surface area contributed by atoms with Crippen LogP contribution >= 0.6 is 0 Å². The van der Waals surface area contributed by atoms with Gasteiger partial charge in [0.2, 0.25) is 0 Å². The van der Waals surface area contributed by atoms with Gasteiger partial charge in [-0.25, -0.2) is 0 Å². The predicted molar refractivity (Wildman–Crippen MR) is 54.1 cm³/mol. The molecule has 0 bridgehead atoms. The van der Waals surface area contributed by atoms with E-state index in [1.807, 2.05) is 6.92 Å². The van der Waals surface area contributed by atoms with E-state index in [-0.39, 0.29) is 6.04 Å². The number of hydrogen-bond acceptors (Lipinski definition) is 4. The van der Waals surface area contributed by atoms with Gasteiger partial charge in [-0.3, -0.25) is 4.98 Å². The summed E-state index contributed by atoms with van der Waals surface area (Å²) in [5, 5.41) is 9.85. The van der Waals surface area contributed by atoms with Gasteiger partial charge in [-0.1, -0.05) is 0 Å². The Morgan fingerprint density at radius 2 is 2.21 bits per heavy atom. The molecule has 3 N–H and O–H groups in total. The van der Waals surface area contributed by atoms with E-state index in [4.69, 9.17) is 10.5 Å². The van der Waals surface area contributed by atoms with Gasteiger partial charge < -0.3 is 15.6 Å². The highest BCUT2D eigenvalue weighted by Gasteiger charge is 2.19. The second kappa shape index (κ2) is 4.39. The zero-order valence-corrected chi connectivity index (χ0v) is 8.69. The highest BCUT2D eigenvalue weighted by atomic mass is 16.5. The van der Waals surface area contributed by atoms with Crippen molar-refractivity contribution in [2.75, 3.05) is 7.11 Å².